The third kappa shape index (κ3) is 0.973. The molecule has 3 aromatic heterocycles. The lowest BCUT2D eigenvalue weighted by Gasteiger charge is -1.83. The fourth-order valence-electron chi connectivity index (χ4n) is 1.12. The van der Waals surface area contributed by atoms with Gasteiger partial charge in [-0.1, -0.05) is 11.3 Å². The van der Waals surface area contributed by atoms with E-state index in [1.165, 1.54) is 11.3 Å². The lowest BCUT2D eigenvalue weighted by molar-refractivity contribution is 0.954. The standard InChI is InChI=1S/C6H5N7S/c7-4-1-3(9-10-4)5-12-13-2-8-11-6(13)14-5/h1-2H,(H3,7,9,10). The molecule has 14 heavy (non-hydrogen) atoms. The summed E-state index contributed by atoms with van der Waals surface area (Å²) in [5.74, 6) is 0.450. The van der Waals surface area contributed by atoms with Crippen LogP contribution in [0.15, 0.2) is 12.4 Å². The fraction of sp³-hybridized carbons (Fsp3) is 0. The number of nitrogens with two attached hydrogens (primary N) is 1. The molecule has 3 aromatic rings. The minimum absolute atomic E-state index is 0.450. The van der Waals surface area contributed by atoms with Crippen molar-refractivity contribution in [2.24, 2.45) is 0 Å². The van der Waals surface area contributed by atoms with Gasteiger partial charge < -0.3 is 5.73 Å². The third-order valence-corrected chi connectivity index (χ3v) is 2.66. The number of hydrogen-bond acceptors (Lipinski definition) is 6. The molecule has 0 bridgehead atoms. The smallest absolute Gasteiger partial charge is 0.234 e. The number of fused-ring (bicyclic) bond motifs is 1. The SMILES string of the molecule is Nc1cc(-c2nn3cnnc3s2)[nH]n1. The molecule has 0 saturated carbocycles. The van der Waals surface area contributed by atoms with E-state index < -0.39 is 0 Å². The van der Waals surface area contributed by atoms with Gasteiger partial charge in [-0.25, -0.2) is 0 Å². The molecule has 3 N–H and O–H groups in total. The summed E-state index contributed by atoms with van der Waals surface area (Å²) in [7, 11) is 0. The van der Waals surface area contributed by atoms with Crippen molar-refractivity contribution in [3.8, 4) is 10.7 Å². The molecule has 0 aliphatic rings. The van der Waals surface area contributed by atoms with Crippen LogP contribution in [0, 0.1) is 0 Å². The molecular weight excluding hydrogens is 202 g/mol. The zero-order valence-electron chi connectivity index (χ0n) is 6.88. The average molecular weight is 207 g/mol. The quantitative estimate of drug-likeness (QED) is 0.592. The van der Waals surface area contributed by atoms with Crippen molar-refractivity contribution < 1.29 is 0 Å². The molecule has 0 atom stereocenters. The zero-order valence-corrected chi connectivity index (χ0v) is 7.69. The van der Waals surface area contributed by atoms with Crippen molar-refractivity contribution >= 4 is 22.1 Å². The summed E-state index contributed by atoms with van der Waals surface area (Å²) in [5.41, 5.74) is 6.28. The Morgan fingerprint density at radius 3 is 3.14 bits per heavy atom. The van der Waals surface area contributed by atoms with Gasteiger partial charge in [0.1, 0.15) is 12.1 Å². The molecule has 3 rings (SSSR count). The van der Waals surface area contributed by atoms with E-state index in [4.69, 9.17) is 5.73 Å². The van der Waals surface area contributed by atoms with Gasteiger partial charge in [-0.3, -0.25) is 5.10 Å². The molecule has 0 radical (unpaired) electrons. The molecule has 0 amide bonds. The minimum atomic E-state index is 0.450. The van der Waals surface area contributed by atoms with E-state index in [0.29, 0.717) is 5.82 Å². The number of hydrogen-bond donors (Lipinski definition) is 2. The van der Waals surface area contributed by atoms with Crippen LogP contribution in [0.25, 0.3) is 15.7 Å². The summed E-state index contributed by atoms with van der Waals surface area (Å²) >= 11 is 1.42. The second-order valence-electron chi connectivity index (χ2n) is 2.67. The first kappa shape index (κ1) is 7.44. The molecule has 0 spiro atoms. The van der Waals surface area contributed by atoms with E-state index in [9.17, 15) is 0 Å². The van der Waals surface area contributed by atoms with Crippen molar-refractivity contribution in [3.63, 3.8) is 0 Å². The van der Waals surface area contributed by atoms with Crippen LogP contribution in [0.4, 0.5) is 5.82 Å². The monoisotopic (exact) mass is 207 g/mol. The molecule has 3 heterocycles. The number of H-pyrrole nitrogens is 1. The predicted octanol–water partition coefficient (Wildman–Crippen LogP) is 0.158. The fourth-order valence-corrected chi connectivity index (χ4v) is 1.90. The van der Waals surface area contributed by atoms with Gasteiger partial charge in [-0.05, 0) is 0 Å². The first-order chi connectivity index (χ1) is 6.83. The van der Waals surface area contributed by atoms with Gasteiger partial charge in [0.15, 0.2) is 5.01 Å². The maximum absolute atomic E-state index is 5.49. The Morgan fingerprint density at radius 2 is 2.43 bits per heavy atom. The summed E-state index contributed by atoms with van der Waals surface area (Å²) in [6.07, 6.45) is 1.55. The van der Waals surface area contributed by atoms with E-state index >= 15 is 0 Å². The highest BCUT2D eigenvalue weighted by atomic mass is 32.1. The Balaban J connectivity index is 2.18. The first-order valence-electron chi connectivity index (χ1n) is 3.81. The Kier molecular flexibility index (Phi) is 1.34. The van der Waals surface area contributed by atoms with Gasteiger partial charge in [0.2, 0.25) is 4.96 Å². The number of nitrogens with one attached hydrogen (secondary N) is 1. The lowest BCUT2D eigenvalue weighted by Crippen LogP contribution is -1.82. The Bertz CT molecular complexity index is 547. The molecule has 0 fully saturated rings. The Hall–Kier alpha value is -1.96. The van der Waals surface area contributed by atoms with E-state index in [-0.39, 0.29) is 0 Å². The average Bonchev–Trinajstić information content (AvgIpc) is 2.75. The van der Waals surface area contributed by atoms with Crippen LogP contribution in [0.2, 0.25) is 0 Å². The van der Waals surface area contributed by atoms with Crippen LogP contribution in [-0.4, -0.2) is 30.0 Å². The summed E-state index contributed by atoms with van der Waals surface area (Å²) in [6, 6.07) is 1.73. The number of anilines is 1. The van der Waals surface area contributed by atoms with E-state index in [0.717, 1.165) is 15.7 Å². The highest BCUT2D eigenvalue weighted by Crippen LogP contribution is 2.23. The predicted molar refractivity (Wildman–Crippen MR) is 50.7 cm³/mol. The summed E-state index contributed by atoms with van der Waals surface area (Å²) in [6.45, 7) is 0. The van der Waals surface area contributed by atoms with Crippen LogP contribution < -0.4 is 5.73 Å². The zero-order chi connectivity index (χ0) is 9.54. The van der Waals surface area contributed by atoms with E-state index in [1.54, 1.807) is 16.9 Å². The van der Waals surface area contributed by atoms with Crippen LogP contribution in [0.1, 0.15) is 0 Å². The molecule has 70 valence electrons. The lowest BCUT2D eigenvalue weighted by atomic mass is 10.4. The van der Waals surface area contributed by atoms with Crippen LogP contribution in [0.3, 0.4) is 0 Å². The van der Waals surface area contributed by atoms with Crippen LogP contribution in [-0.2, 0) is 0 Å². The van der Waals surface area contributed by atoms with Crippen molar-refractivity contribution in [2.75, 3.05) is 5.73 Å². The molecule has 0 aliphatic carbocycles. The molecular formula is C6H5N7S. The number of nitrogens with zero attached hydrogens (tertiary/aromatic N) is 5. The number of aromatic amines is 1. The summed E-state index contributed by atoms with van der Waals surface area (Å²) in [5, 5.41) is 19.2. The highest BCUT2D eigenvalue weighted by Gasteiger charge is 2.09. The Labute approximate surface area is 81.6 Å². The molecule has 0 unspecified atom stereocenters. The normalized spacial score (nSPS) is 11.1. The van der Waals surface area contributed by atoms with Gasteiger partial charge in [0, 0.05) is 6.07 Å². The topological polar surface area (TPSA) is 97.8 Å². The second-order valence-corrected chi connectivity index (χ2v) is 3.63. The summed E-state index contributed by atoms with van der Waals surface area (Å²) in [4.78, 5) is 0.744. The van der Waals surface area contributed by atoms with Gasteiger partial charge in [-0.2, -0.15) is 14.7 Å². The van der Waals surface area contributed by atoms with Crippen LogP contribution in [0.5, 0.6) is 0 Å². The molecule has 0 aromatic carbocycles. The Morgan fingerprint density at radius 1 is 1.50 bits per heavy atom. The largest absolute Gasteiger partial charge is 0.382 e. The van der Waals surface area contributed by atoms with E-state index in [1.807, 2.05) is 0 Å². The highest BCUT2D eigenvalue weighted by molar-refractivity contribution is 7.19. The molecule has 0 saturated heterocycles. The number of rotatable bonds is 1. The van der Waals surface area contributed by atoms with Crippen LogP contribution >= 0.6 is 11.3 Å². The minimum Gasteiger partial charge on any atom is -0.382 e. The van der Waals surface area contributed by atoms with Crippen molar-refractivity contribution in [1.29, 1.82) is 0 Å². The van der Waals surface area contributed by atoms with Gasteiger partial charge in [0.25, 0.3) is 0 Å². The third-order valence-electron chi connectivity index (χ3n) is 1.71. The molecule has 0 aliphatic heterocycles. The van der Waals surface area contributed by atoms with Crippen molar-refractivity contribution in [3.05, 3.63) is 12.4 Å². The van der Waals surface area contributed by atoms with Crippen molar-refractivity contribution in [2.45, 2.75) is 0 Å². The molecule has 7 nitrogen and oxygen atoms in total. The van der Waals surface area contributed by atoms with Crippen molar-refractivity contribution in [1.82, 2.24) is 30.0 Å². The second kappa shape index (κ2) is 2.51. The maximum Gasteiger partial charge on any atom is 0.234 e. The van der Waals surface area contributed by atoms with Gasteiger partial charge >= 0.3 is 0 Å². The van der Waals surface area contributed by atoms with E-state index in [2.05, 4.69) is 25.5 Å². The first-order valence-corrected chi connectivity index (χ1v) is 4.63. The summed E-state index contributed by atoms with van der Waals surface area (Å²) < 4.78 is 1.61. The maximum atomic E-state index is 5.49. The van der Waals surface area contributed by atoms with Gasteiger partial charge in [0.05, 0.1) is 5.69 Å². The number of nitrogen functional groups attached to an aromatic ring is 1. The number of aromatic nitrogens is 6. The van der Waals surface area contributed by atoms with Gasteiger partial charge in [-0.15, -0.1) is 10.2 Å². The molecule has 8 heteroatoms.